The van der Waals surface area contributed by atoms with Crippen LogP contribution in [0.1, 0.15) is 22.5 Å². The number of aryl methyl sites for hydroxylation is 1. The van der Waals surface area contributed by atoms with Crippen molar-refractivity contribution in [1.82, 2.24) is 24.7 Å². The van der Waals surface area contributed by atoms with Gasteiger partial charge in [-0.1, -0.05) is 0 Å². The smallest absolute Gasteiger partial charge is 0.312 e. The van der Waals surface area contributed by atoms with Crippen molar-refractivity contribution in [2.75, 3.05) is 12.6 Å². The van der Waals surface area contributed by atoms with Gasteiger partial charge in [-0.15, -0.1) is 9.89 Å². The number of hydrogen-bond donors (Lipinski definition) is 1. The minimum Gasteiger partial charge on any atom is -0.496 e. The van der Waals surface area contributed by atoms with E-state index < -0.39 is 4.92 Å². The summed E-state index contributed by atoms with van der Waals surface area (Å²) in [5, 5.41) is 23.4. The van der Waals surface area contributed by atoms with Gasteiger partial charge in [0.1, 0.15) is 29.8 Å². The lowest BCUT2D eigenvalue weighted by Crippen LogP contribution is -2.09. The van der Waals surface area contributed by atoms with Gasteiger partial charge in [0.15, 0.2) is 0 Å². The number of ether oxygens (including phenoxy) is 1. The summed E-state index contributed by atoms with van der Waals surface area (Å²) in [6.07, 6.45) is 4.49. The number of rotatable bonds is 7. The quantitative estimate of drug-likeness (QED) is 0.380. The maximum atomic E-state index is 11.2. The van der Waals surface area contributed by atoms with E-state index in [-0.39, 0.29) is 5.69 Å². The fourth-order valence-electron chi connectivity index (χ4n) is 2.69. The highest BCUT2D eigenvalue weighted by molar-refractivity contribution is 5.80. The van der Waals surface area contributed by atoms with E-state index in [1.54, 1.807) is 31.9 Å². The number of hydrogen-bond acceptors (Lipinski definition) is 8. The van der Waals surface area contributed by atoms with Crippen molar-refractivity contribution in [2.24, 2.45) is 5.10 Å². The highest BCUT2D eigenvalue weighted by Crippen LogP contribution is 2.25. The Morgan fingerprint density at radius 2 is 2.22 bits per heavy atom. The normalized spacial score (nSPS) is 11.1. The number of methoxy groups -OCH3 is 1. The molecular formula is C16H18N8O3. The number of hydrazone groups is 1. The molecule has 140 valence electrons. The van der Waals surface area contributed by atoms with Crippen LogP contribution >= 0.6 is 0 Å². The molecule has 2 aromatic heterocycles. The van der Waals surface area contributed by atoms with E-state index >= 15 is 0 Å². The van der Waals surface area contributed by atoms with Crippen molar-refractivity contribution in [3.63, 3.8) is 0 Å². The maximum Gasteiger partial charge on any atom is 0.312 e. The molecule has 2 heterocycles. The molecule has 0 unspecified atom stereocenters. The molecule has 0 saturated heterocycles. The van der Waals surface area contributed by atoms with Crippen LogP contribution in [0, 0.1) is 24.0 Å². The van der Waals surface area contributed by atoms with Crippen LogP contribution in [-0.2, 0) is 6.54 Å². The van der Waals surface area contributed by atoms with Gasteiger partial charge in [0.05, 0.1) is 24.8 Å². The van der Waals surface area contributed by atoms with E-state index in [2.05, 4.69) is 25.8 Å². The molecule has 11 heteroatoms. The Morgan fingerprint density at radius 3 is 2.85 bits per heavy atom. The zero-order valence-corrected chi connectivity index (χ0v) is 15.0. The molecule has 27 heavy (non-hydrogen) atoms. The van der Waals surface area contributed by atoms with Crippen LogP contribution in [0.5, 0.6) is 5.75 Å². The summed E-state index contributed by atoms with van der Waals surface area (Å²) in [6.45, 7) is 3.64. The highest BCUT2D eigenvalue weighted by Gasteiger charge is 2.22. The van der Waals surface area contributed by atoms with Crippen LogP contribution in [0.15, 0.2) is 36.0 Å². The Kier molecular flexibility index (Phi) is 5.11. The summed E-state index contributed by atoms with van der Waals surface area (Å²) in [4.78, 5) is 15.9. The van der Waals surface area contributed by atoms with Crippen molar-refractivity contribution >= 4 is 11.9 Å². The molecule has 0 aliphatic heterocycles. The lowest BCUT2D eigenvalue weighted by Gasteiger charge is -2.10. The highest BCUT2D eigenvalue weighted by atomic mass is 16.6. The fraction of sp³-hybridized carbons (Fsp3) is 0.250. The van der Waals surface area contributed by atoms with Gasteiger partial charge in [-0.3, -0.25) is 14.8 Å². The van der Waals surface area contributed by atoms with Crippen molar-refractivity contribution in [2.45, 2.75) is 20.4 Å². The van der Waals surface area contributed by atoms with Crippen LogP contribution in [0.2, 0.25) is 0 Å². The van der Waals surface area contributed by atoms with E-state index in [1.807, 2.05) is 18.2 Å². The van der Waals surface area contributed by atoms with Gasteiger partial charge < -0.3 is 4.74 Å². The second kappa shape index (κ2) is 7.64. The number of nitro groups is 1. The molecular weight excluding hydrogens is 352 g/mol. The van der Waals surface area contributed by atoms with Gasteiger partial charge in [-0.05, 0) is 37.6 Å². The first-order valence-corrected chi connectivity index (χ1v) is 7.98. The van der Waals surface area contributed by atoms with E-state index in [4.69, 9.17) is 4.74 Å². The predicted molar refractivity (Wildman–Crippen MR) is 97.4 cm³/mol. The molecule has 3 rings (SSSR count). The van der Waals surface area contributed by atoms with Crippen LogP contribution < -0.4 is 10.3 Å². The molecule has 0 aliphatic rings. The molecule has 0 fully saturated rings. The minimum atomic E-state index is -0.412. The second-order valence-corrected chi connectivity index (χ2v) is 5.70. The van der Waals surface area contributed by atoms with Crippen molar-refractivity contribution in [1.29, 1.82) is 0 Å². The van der Waals surface area contributed by atoms with Gasteiger partial charge in [0.2, 0.25) is 0 Å². The molecule has 0 amide bonds. The lowest BCUT2D eigenvalue weighted by atomic mass is 10.1. The van der Waals surface area contributed by atoms with Crippen LogP contribution in [0.4, 0.5) is 5.69 Å². The monoisotopic (exact) mass is 370 g/mol. The molecule has 0 aliphatic carbocycles. The van der Waals surface area contributed by atoms with Gasteiger partial charge in [-0.25, -0.2) is 4.98 Å². The third-order valence-electron chi connectivity index (χ3n) is 3.94. The second-order valence-electron chi connectivity index (χ2n) is 5.70. The molecule has 0 bridgehead atoms. The number of nitrogens with one attached hydrogen (secondary N) is 1. The Balaban J connectivity index is 1.85. The molecule has 1 N–H and O–H groups in total. The van der Waals surface area contributed by atoms with Gasteiger partial charge in [0, 0.05) is 5.56 Å². The van der Waals surface area contributed by atoms with Gasteiger partial charge >= 0.3 is 5.69 Å². The first-order valence-electron chi connectivity index (χ1n) is 7.98. The van der Waals surface area contributed by atoms with Crippen LogP contribution in [0.3, 0.4) is 0 Å². The molecule has 0 spiro atoms. The summed E-state index contributed by atoms with van der Waals surface area (Å²) in [5.41, 5.74) is 5.23. The molecule has 3 aromatic rings. The molecule has 0 radical (unpaired) electrons. The third kappa shape index (κ3) is 3.92. The van der Waals surface area contributed by atoms with E-state index in [0.717, 1.165) is 11.1 Å². The lowest BCUT2D eigenvalue weighted by molar-refractivity contribution is -0.386. The fourth-order valence-corrected chi connectivity index (χ4v) is 2.69. The Morgan fingerprint density at radius 1 is 1.41 bits per heavy atom. The summed E-state index contributed by atoms with van der Waals surface area (Å²) in [7, 11) is 1.57. The van der Waals surface area contributed by atoms with Gasteiger partial charge in [-0.2, -0.15) is 15.7 Å². The molecule has 0 atom stereocenters. The zero-order valence-electron chi connectivity index (χ0n) is 15.0. The average molecular weight is 370 g/mol. The summed E-state index contributed by atoms with van der Waals surface area (Å²) in [5.74, 6) is 0.659. The minimum absolute atomic E-state index is 0.0312. The Hall–Kier alpha value is -3.76. The Labute approximate surface area is 154 Å². The van der Waals surface area contributed by atoms with Crippen LogP contribution in [-0.4, -0.2) is 42.9 Å². The van der Waals surface area contributed by atoms with Crippen molar-refractivity contribution < 1.29 is 9.66 Å². The maximum absolute atomic E-state index is 11.2. The summed E-state index contributed by atoms with van der Waals surface area (Å²) in [6, 6.07) is 5.54. The first kappa shape index (κ1) is 18.0. The summed E-state index contributed by atoms with van der Waals surface area (Å²) >= 11 is 0. The SMILES string of the molecule is COc1ccc(/C=N\Nn2cncn2)cc1Cn1nc(C)c([N+](=O)[O-])c1C. The molecule has 1 aromatic carbocycles. The number of nitrogens with zero attached hydrogens (tertiary/aromatic N) is 7. The standard InChI is InChI=1S/C16H18N8O3/c1-11-16(24(25)26)12(2)22(20-11)8-14-6-13(4-5-15(14)27-3)7-18-21-23-10-17-9-19-23/h4-7,9-10,21H,8H2,1-3H3/b18-7-. The largest absolute Gasteiger partial charge is 0.496 e. The topological polar surface area (TPSA) is 125 Å². The van der Waals surface area contributed by atoms with Crippen LogP contribution in [0.25, 0.3) is 0 Å². The summed E-state index contributed by atoms with van der Waals surface area (Å²) < 4.78 is 7.00. The average Bonchev–Trinajstić information content (AvgIpc) is 3.23. The van der Waals surface area contributed by atoms with E-state index in [0.29, 0.717) is 23.7 Å². The van der Waals surface area contributed by atoms with Crippen molar-refractivity contribution in [3.05, 3.63) is 63.5 Å². The number of aromatic nitrogens is 5. The third-order valence-corrected chi connectivity index (χ3v) is 3.94. The van der Waals surface area contributed by atoms with Crippen molar-refractivity contribution in [3.8, 4) is 5.75 Å². The zero-order chi connectivity index (χ0) is 19.4. The molecule has 0 saturated carbocycles. The van der Waals surface area contributed by atoms with Gasteiger partial charge in [0.25, 0.3) is 0 Å². The Bertz CT molecular complexity index is 978. The first-order chi connectivity index (χ1) is 13.0. The van der Waals surface area contributed by atoms with E-state index in [9.17, 15) is 10.1 Å². The molecule has 11 nitrogen and oxygen atoms in total. The number of benzene rings is 1. The predicted octanol–water partition coefficient (Wildman–Crippen LogP) is 1.63. The van der Waals surface area contributed by atoms with E-state index in [1.165, 1.54) is 17.4 Å².